The van der Waals surface area contributed by atoms with E-state index in [1.54, 1.807) is 0 Å². The van der Waals surface area contributed by atoms with Gasteiger partial charge in [0.2, 0.25) is 0 Å². The summed E-state index contributed by atoms with van der Waals surface area (Å²) >= 11 is 6.24. The zero-order valence-electron chi connectivity index (χ0n) is 12.2. The molecule has 0 spiro atoms. The smallest absolute Gasteiger partial charge is 0.124 e. The van der Waals surface area contributed by atoms with Crippen LogP contribution in [0.2, 0.25) is 5.02 Å². The summed E-state index contributed by atoms with van der Waals surface area (Å²) in [6.07, 6.45) is 1.93. The Morgan fingerprint density at radius 3 is 2.81 bits per heavy atom. The largest absolute Gasteiger partial charge is 0.493 e. The van der Waals surface area contributed by atoms with E-state index in [1.165, 1.54) is 11.1 Å². The summed E-state index contributed by atoms with van der Waals surface area (Å²) in [5.74, 6) is 1.01. The van der Waals surface area contributed by atoms with E-state index in [0.717, 1.165) is 30.2 Å². The first-order valence-corrected chi connectivity index (χ1v) is 7.83. The van der Waals surface area contributed by atoms with Gasteiger partial charge in [-0.2, -0.15) is 0 Å². The van der Waals surface area contributed by atoms with Crippen LogP contribution in [0.3, 0.4) is 0 Å². The summed E-state index contributed by atoms with van der Waals surface area (Å²) in [7, 11) is 0. The molecule has 21 heavy (non-hydrogen) atoms. The maximum absolute atomic E-state index is 6.24. The van der Waals surface area contributed by atoms with Gasteiger partial charge in [0.25, 0.3) is 0 Å². The first-order valence-electron chi connectivity index (χ1n) is 7.45. The number of para-hydroxylation sites is 1. The van der Waals surface area contributed by atoms with Crippen molar-refractivity contribution in [3.8, 4) is 5.75 Å². The molecule has 0 radical (unpaired) electrons. The van der Waals surface area contributed by atoms with Gasteiger partial charge in [0.05, 0.1) is 6.61 Å². The summed E-state index contributed by atoms with van der Waals surface area (Å²) in [6, 6.07) is 17.1. The fraction of sp³-hybridized carbons (Fsp3) is 0.333. The Morgan fingerprint density at radius 1 is 1.19 bits per heavy atom. The molecule has 3 rings (SSSR count). The summed E-state index contributed by atoms with van der Waals surface area (Å²) in [5, 5.41) is 4.56. The van der Waals surface area contributed by atoms with Crippen molar-refractivity contribution in [1.29, 1.82) is 0 Å². The third kappa shape index (κ3) is 3.39. The van der Waals surface area contributed by atoms with Crippen LogP contribution in [0.4, 0.5) is 0 Å². The minimum absolute atomic E-state index is 0.354. The average Bonchev–Trinajstić information content (AvgIpc) is 2.50. The SMILES string of the molecule is CC(Cc1ccccc1Cl)NC1CCOc2ccccc21. The van der Waals surface area contributed by atoms with Crippen molar-refractivity contribution in [3.05, 3.63) is 64.7 Å². The van der Waals surface area contributed by atoms with Gasteiger partial charge < -0.3 is 10.1 Å². The van der Waals surface area contributed by atoms with Gasteiger partial charge in [-0.25, -0.2) is 0 Å². The molecular formula is C18H20ClNO. The van der Waals surface area contributed by atoms with E-state index in [1.807, 2.05) is 30.3 Å². The Kier molecular flexibility index (Phi) is 4.47. The normalized spacial score (nSPS) is 18.7. The molecule has 2 unspecified atom stereocenters. The molecule has 2 atom stereocenters. The topological polar surface area (TPSA) is 21.3 Å². The minimum atomic E-state index is 0.354. The number of ether oxygens (including phenoxy) is 1. The van der Waals surface area contributed by atoms with Crippen LogP contribution < -0.4 is 10.1 Å². The van der Waals surface area contributed by atoms with Crippen molar-refractivity contribution < 1.29 is 4.74 Å². The lowest BCUT2D eigenvalue weighted by molar-refractivity contribution is 0.245. The van der Waals surface area contributed by atoms with Crippen LogP contribution in [-0.2, 0) is 6.42 Å². The van der Waals surface area contributed by atoms with Gasteiger partial charge in [0.15, 0.2) is 0 Å². The van der Waals surface area contributed by atoms with Crippen LogP contribution in [0.1, 0.15) is 30.5 Å². The average molecular weight is 302 g/mol. The molecule has 0 aliphatic carbocycles. The van der Waals surface area contributed by atoms with Crippen LogP contribution in [0.5, 0.6) is 5.75 Å². The molecule has 1 aliphatic heterocycles. The zero-order chi connectivity index (χ0) is 14.7. The highest BCUT2D eigenvalue weighted by Crippen LogP contribution is 2.32. The molecule has 0 aromatic heterocycles. The van der Waals surface area contributed by atoms with Crippen LogP contribution in [0.15, 0.2) is 48.5 Å². The van der Waals surface area contributed by atoms with Crippen molar-refractivity contribution in [1.82, 2.24) is 5.32 Å². The second-order valence-corrected chi connectivity index (χ2v) is 6.00. The van der Waals surface area contributed by atoms with Crippen LogP contribution in [0, 0.1) is 0 Å². The van der Waals surface area contributed by atoms with Gasteiger partial charge in [-0.15, -0.1) is 0 Å². The van der Waals surface area contributed by atoms with Crippen molar-refractivity contribution in [2.24, 2.45) is 0 Å². The molecule has 110 valence electrons. The van der Waals surface area contributed by atoms with Gasteiger partial charge in [-0.1, -0.05) is 48.0 Å². The number of fused-ring (bicyclic) bond motifs is 1. The van der Waals surface area contributed by atoms with E-state index in [4.69, 9.17) is 16.3 Å². The molecule has 2 aromatic carbocycles. The number of nitrogens with one attached hydrogen (secondary N) is 1. The summed E-state index contributed by atoms with van der Waals surface area (Å²) in [4.78, 5) is 0. The number of benzene rings is 2. The molecule has 0 fully saturated rings. The summed E-state index contributed by atoms with van der Waals surface area (Å²) < 4.78 is 5.71. The molecule has 0 saturated heterocycles. The van der Waals surface area contributed by atoms with E-state index in [2.05, 4.69) is 30.4 Å². The minimum Gasteiger partial charge on any atom is -0.493 e. The number of rotatable bonds is 4. The first kappa shape index (κ1) is 14.4. The van der Waals surface area contributed by atoms with E-state index in [9.17, 15) is 0 Å². The predicted octanol–water partition coefficient (Wildman–Crippen LogP) is 4.38. The quantitative estimate of drug-likeness (QED) is 0.904. The zero-order valence-corrected chi connectivity index (χ0v) is 12.9. The molecule has 1 aliphatic rings. The Labute approximate surface area is 131 Å². The van der Waals surface area contributed by atoms with E-state index in [-0.39, 0.29) is 0 Å². The molecule has 3 heteroatoms. The van der Waals surface area contributed by atoms with Gasteiger partial charge in [0.1, 0.15) is 5.75 Å². The first-order chi connectivity index (χ1) is 10.2. The van der Waals surface area contributed by atoms with Crippen molar-refractivity contribution in [2.75, 3.05) is 6.61 Å². The second-order valence-electron chi connectivity index (χ2n) is 5.59. The standard InChI is InChI=1S/C18H20ClNO/c1-13(12-14-6-2-4-8-16(14)19)20-17-10-11-21-18-9-5-3-7-15(17)18/h2-9,13,17,20H,10-12H2,1H3. The highest BCUT2D eigenvalue weighted by atomic mass is 35.5. The third-order valence-electron chi connectivity index (χ3n) is 3.93. The Hall–Kier alpha value is -1.51. The lowest BCUT2D eigenvalue weighted by atomic mass is 9.98. The molecule has 1 N–H and O–H groups in total. The lowest BCUT2D eigenvalue weighted by Crippen LogP contribution is -2.35. The maximum Gasteiger partial charge on any atom is 0.124 e. The second kappa shape index (κ2) is 6.50. The van der Waals surface area contributed by atoms with Crippen molar-refractivity contribution >= 4 is 11.6 Å². The number of halogens is 1. The van der Waals surface area contributed by atoms with Crippen molar-refractivity contribution in [2.45, 2.75) is 31.8 Å². The summed E-state index contributed by atoms with van der Waals surface area (Å²) in [5.41, 5.74) is 2.45. The Morgan fingerprint density at radius 2 is 1.95 bits per heavy atom. The number of hydrogen-bond donors (Lipinski definition) is 1. The van der Waals surface area contributed by atoms with Gasteiger partial charge >= 0.3 is 0 Å². The fourth-order valence-electron chi connectivity index (χ4n) is 2.91. The van der Waals surface area contributed by atoms with Gasteiger partial charge in [-0.05, 0) is 31.0 Å². The Balaban J connectivity index is 1.69. The number of hydrogen-bond acceptors (Lipinski definition) is 2. The molecule has 2 aromatic rings. The fourth-order valence-corrected chi connectivity index (χ4v) is 3.12. The molecule has 0 bridgehead atoms. The molecular weight excluding hydrogens is 282 g/mol. The maximum atomic E-state index is 6.24. The lowest BCUT2D eigenvalue weighted by Gasteiger charge is -2.29. The molecule has 0 saturated carbocycles. The van der Waals surface area contributed by atoms with Crippen LogP contribution in [0.25, 0.3) is 0 Å². The van der Waals surface area contributed by atoms with Crippen molar-refractivity contribution in [3.63, 3.8) is 0 Å². The molecule has 1 heterocycles. The highest BCUT2D eigenvalue weighted by Gasteiger charge is 2.22. The highest BCUT2D eigenvalue weighted by molar-refractivity contribution is 6.31. The molecule has 2 nitrogen and oxygen atoms in total. The van der Waals surface area contributed by atoms with Crippen LogP contribution >= 0.6 is 11.6 Å². The van der Waals surface area contributed by atoms with Gasteiger partial charge in [0, 0.05) is 29.1 Å². The monoisotopic (exact) mass is 301 g/mol. The Bertz CT molecular complexity index is 614. The van der Waals surface area contributed by atoms with E-state index in [0.29, 0.717) is 12.1 Å². The predicted molar refractivity (Wildman–Crippen MR) is 87.0 cm³/mol. The van der Waals surface area contributed by atoms with E-state index >= 15 is 0 Å². The van der Waals surface area contributed by atoms with E-state index < -0.39 is 0 Å². The van der Waals surface area contributed by atoms with Gasteiger partial charge in [-0.3, -0.25) is 0 Å². The third-order valence-corrected chi connectivity index (χ3v) is 4.30. The van der Waals surface area contributed by atoms with Crippen LogP contribution in [-0.4, -0.2) is 12.6 Å². The molecule has 0 amide bonds. The summed E-state index contributed by atoms with van der Waals surface area (Å²) in [6.45, 7) is 2.98.